The summed E-state index contributed by atoms with van der Waals surface area (Å²) in [6.45, 7) is 3.92. The van der Waals surface area contributed by atoms with Crippen molar-refractivity contribution < 1.29 is 4.79 Å². The van der Waals surface area contributed by atoms with Crippen molar-refractivity contribution in [3.63, 3.8) is 0 Å². The van der Waals surface area contributed by atoms with Crippen LogP contribution in [0.1, 0.15) is 48.7 Å². The van der Waals surface area contributed by atoms with Crippen LogP contribution in [0.25, 0.3) is 0 Å². The van der Waals surface area contributed by atoms with Gasteiger partial charge in [-0.3, -0.25) is 4.68 Å². The van der Waals surface area contributed by atoms with Gasteiger partial charge in [0.1, 0.15) is 0 Å². The molecule has 1 aliphatic carbocycles. The molecule has 2 amide bonds. The molecule has 6 heteroatoms. The highest BCUT2D eigenvalue weighted by atomic mass is 35.5. The maximum absolute atomic E-state index is 12.5. The second kappa shape index (κ2) is 6.85. The van der Waals surface area contributed by atoms with Crippen molar-refractivity contribution in [3.05, 3.63) is 52.3 Å². The molecule has 1 fully saturated rings. The third kappa shape index (κ3) is 3.90. The molecule has 128 valence electrons. The number of aromatic nitrogens is 2. The number of urea groups is 1. The lowest BCUT2D eigenvalue weighted by Crippen LogP contribution is -2.40. The molecule has 0 bridgehead atoms. The van der Waals surface area contributed by atoms with Crippen LogP contribution in [0.15, 0.2) is 30.5 Å². The average Bonchev–Trinajstić information content (AvgIpc) is 3.30. The maximum Gasteiger partial charge on any atom is 0.315 e. The molecule has 2 atom stereocenters. The molecule has 2 N–H and O–H groups in total. The Morgan fingerprint density at radius 3 is 2.50 bits per heavy atom. The number of nitrogens with zero attached hydrogens (tertiary/aromatic N) is 2. The summed E-state index contributed by atoms with van der Waals surface area (Å²) in [6.07, 6.45) is 4.23. The smallest absolute Gasteiger partial charge is 0.315 e. The molecule has 1 saturated carbocycles. The fourth-order valence-electron chi connectivity index (χ4n) is 3.07. The summed E-state index contributed by atoms with van der Waals surface area (Å²) in [4.78, 5) is 12.5. The van der Waals surface area contributed by atoms with E-state index < -0.39 is 0 Å². The normalized spacial score (nSPS) is 16.5. The minimum Gasteiger partial charge on any atom is -0.332 e. The Morgan fingerprint density at radius 1 is 1.29 bits per heavy atom. The lowest BCUT2D eigenvalue weighted by molar-refractivity contribution is 0.232. The highest BCUT2D eigenvalue weighted by Crippen LogP contribution is 2.41. The van der Waals surface area contributed by atoms with Crippen LogP contribution in [0.5, 0.6) is 0 Å². The van der Waals surface area contributed by atoms with E-state index >= 15 is 0 Å². The number of aryl methyl sites for hydroxylation is 2. The summed E-state index contributed by atoms with van der Waals surface area (Å²) >= 11 is 5.96. The predicted octanol–water partition coefficient (Wildman–Crippen LogP) is 3.89. The highest BCUT2D eigenvalue weighted by molar-refractivity contribution is 6.30. The van der Waals surface area contributed by atoms with Crippen LogP contribution >= 0.6 is 11.6 Å². The summed E-state index contributed by atoms with van der Waals surface area (Å²) < 4.78 is 1.77. The first-order chi connectivity index (χ1) is 11.4. The lowest BCUT2D eigenvalue weighted by atomic mass is 10.0. The first kappa shape index (κ1) is 16.8. The second-order valence-electron chi connectivity index (χ2n) is 6.55. The van der Waals surface area contributed by atoms with Crippen molar-refractivity contribution >= 4 is 17.6 Å². The van der Waals surface area contributed by atoms with Crippen molar-refractivity contribution in [2.24, 2.45) is 13.0 Å². The van der Waals surface area contributed by atoms with Crippen molar-refractivity contribution in [3.8, 4) is 0 Å². The summed E-state index contributed by atoms with van der Waals surface area (Å²) in [6, 6.07) is 7.49. The fraction of sp³-hybridized carbons (Fsp3) is 0.444. The third-order valence-corrected chi connectivity index (χ3v) is 4.73. The summed E-state index contributed by atoms with van der Waals surface area (Å²) in [5, 5.41) is 11.2. The van der Waals surface area contributed by atoms with E-state index in [1.54, 1.807) is 4.68 Å². The molecule has 1 heterocycles. The Balaban J connectivity index is 1.66. The molecule has 1 aromatic heterocycles. The predicted molar refractivity (Wildman–Crippen MR) is 94.9 cm³/mol. The average molecular weight is 347 g/mol. The Labute approximate surface area is 147 Å². The number of hydrogen-bond donors (Lipinski definition) is 2. The first-order valence-electron chi connectivity index (χ1n) is 8.26. The first-order valence-corrected chi connectivity index (χ1v) is 8.64. The molecule has 3 rings (SSSR count). The van der Waals surface area contributed by atoms with Gasteiger partial charge in [-0.25, -0.2) is 4.79 Å². The van der Waals surface area contributed by atoms with Crippen LogP contribution in [0, 0.1) is 12.8 Å². The third-order valence-electron chi connectivity index (χ3n) is 4.47. The minimum absolute atomic E-state index is 0.0319. The van der Waals surface area contributed by atoms with Gasteiger partial charge in [0.25, 0.3) is 0 Å². The van der Waals surface area contributed by atoms with Crippen molar-refractivity contribution in [2.75, 3.05) is 0 Å². The molecule has 2 unspecified atom stereocenters. The van der Waals surface area contributed by atoms with Gasteiger partial charge in [0, 0.05) is 23.8 Å². The van der Waals surface area contributed by atoms with E-state index in [0.29, 0.717) is 10.9 Å². The van der Waals surface area contributed by atoms with Crippen LogP contribution in [0.4, 0.5) is 4.79 Å². The van der Waals surface area contributed by atoms with Crippen LogP contribution in [0.2, 0.25) is 5.02 Å². The van der Waals surface area contributed by atoms with Gasteiger partial charge >= 0.3 is 6.03 Å². The Morgan fingerprint density at radius 2 is 1.96 bits per heavy atom. The highest BCUT2D eigenvalue weighted by Gasteiger charge is 2.33. The van der Waals surface area contributed by atoms with Gasteiger partial charge in [0.15, 0.2) is 0 Å². The largest absolute Gasteiger partial charge is 0.332 e. The number of hydrogen-bond acceptors (Lipinski definition) is 2. The number of benzene rings is 1. The maximum atomic E-state index is 12.5. The summed E-state index contributed by atoms with van der Waals surface area (Å²) in [7, 11) is 1.88. The molecule has 1 aromatic carbocycles. The zero-order chi connectivity index (χ0) is 17.3. The molecule has 1 aliphatic rings. The van der Waals surface area contributed by atoms with Crippen molar-refractivity contribution in [2.45, 2.75) is 38.8 Å². The number of nitrogens with one attached hydrogen (secondary N) is 2. The number of amides is 2. The van der Waals surface area contributed by atoms with Gasteiger partial charge in [-0.2, -0.15) is 5.10 Å². The molecule has 0 aliphatic heterocycles. The topological polar surface area (TPSA) is 59.0 Å². The van der Waals surface area contributed by atoms with Gasteiger partial charge in [0.05, 0.1) is 17.8 Å². The van der Waals surface area contributed by atoms with Crippen LogP contribution < -0.4 is 10.6 Å². The SMILES string of the molecule is Cc1nn(C)cc1C(C)NC(=O)NC(c1ccc(Cl)cc1)C1CC1. The molecule has 2 aromatic rings. The second-order valence-corrected chi connectivity index (χ2v) is 6.99. The Kier molecular flexibility index (Phi) is 4.81. The van der Waals surface area contributed by atoms with Crippen LogP contribution in [-0.2, 0) is 7.05 Å². The van der Waals surface area contributed by atoms with Crippen LogP contribution in [0.3, 0.4) is 0 Å². The van der Waals surface area contributed by atoms with Crippen LogP contribution in [-0.4, -0.2) is 15.8 Å². The monoisotopic (exact) mass is 346 g/mol. The molecule has 0 spiro atoms. The quantitative estimate of drug-likeness (QED) is 0.862. The van der Waals surface area contributed by atoms with Gasteiger partial charge in [-0.05, 0) is 50.3 Å². The fourth-order valence-corrected chi connectivity index (χ4v) is 3.20. The molecule has 5 nitrogen and oxygen atoms in total. The van der Waals surface area contributed by atoms with Gasteiger partial charge in [-0.15, -0.1) is 0 Å². The molecule has 24 heavy (non-hydrogen) atoms. The number of rotatable bonds is 5. The van der Waals surface area contributed by atoms with Gasteiger partial charge < -0.3 is 10.6 Å². The van der Waals surface area contributed by atoms with E-state index in [1.807, 2.05) is 51.4 Å². The Hall–Kier alpha value is -2.01. The van der Waals surface area contributed by atoms with E-state index in [4.69, 9.17) is 11.6 Å². The van der Waals surface area contributed by atoms with E-state index in [2.05, 4.69) is 15.7 Å². The molecule has 0 saturated heterocycles. The Bertz CT molecular complexity index is 721. The van der Waals surface area contributed by atoms with Gasteiger partial charge in [-0.1, -0.05) is 23.7 Å². The lowest BCUT2D eigenvalue weighted by Gasteiger charge is -2.21. The zero-order valence-corrected chi connectivity index (χ0v) is 15.0. The van der Waals surface area contributed by atoms with Crippen molar-refractivity contribution in [1.29, 1.82) is 0 Å². The van der Waals surface area contributed by atoms with Gasteiger partial charge in [0.2, 0.25) is 0 Å². The van der Waals surface area contributed by atoms with E-state index in [-0.39, 0.29) is 18.1 Å². The zero-order valence-electron chi connectivity index (χ0n) is 14.2. The van der Waals surface area contributed by atoms with E-state index in [1.165, 1.54) is 0 Å². The molecular formula is C18H23ClN4O. The molecular weight excluding hydrogens is 324 g/mol. The number of carbonyl (C=O) groups excluding carboxylic acids is 1. The molecule has 0 radical (unpaired) electrons. The van der Waals surface area contributed by atoms with Crippen molar-refractivity contribution in [1.82, 2.24) is 20.4 Å². The summed E-state index contributed by atoms with van der Waals surface area (Å²) in [5.74, 6) is 0.507. The van der Waals surface area contributed by atoms with E-state index in [0.717, 1.165) is 29.7 Å². The minimum atomic E-state index is -0.155. The number of carbonyl (C=O) groups is 1. The number of halogens is 1. The van der Waals surface area contributed by atoms with E-state index in [9.17, 15) is 4.79 Å². The standard InChI is InChI=1S/C18H23ClN4O/c1-11(16-10-23(3)22-12(16)2)20-18(24)21-17(13-4-5-13)14-6-8-15(19)9-7-14/h6-11,13,17H,4-5H2,1-3H3,(H2,20,21,24). The summed E-state index contributed by atoms with van der Waals surface area (Å²) in [5.41, 5.74) is 3.06.